The number of furan rings is 1. The Labute approximate surface area is 133 Å². The number of methoxy groups -OCH3 is 1. The maximum Gasteiger partial charge on any atom is 0.291 e. The van der Waals surface area contributed by atoms with Crippen LogP contribution >= 0.6 is 0 Å². The summed E-state index contributed by atoms with van der Waals surface area (Å²) in [6, 6.07) is 12.6. The molecule has 0 aliphatic heterocycles. The zero-order chi connectivity index (χ0) is 16.4. The molecule has 0 spiro atoms. The third kappa shape index (κ3) is 2.78. The van der Waals surface area contributed by atoms with E-state index in [-0.39, 0.29) is 18.3 Å². The lowest BCUT2D eigenvalue weighted by atomic mass is 10.1. The second-order valence-corrected chi connectivity index (χ2v) is 5.21. The number of benzene rings is 2. The van der Waals surface area contributed by atoms with E-state index in [1.54, 1.807) is 37.4 Å². The SMILES string of the molecule is COc1cccc2c(C)c(C(=O)Nc3cccc(CO)c3)oc12. The molecule has 5 heteroatoms. The van der Waals surface area contributed by atoms with Crippen LogP contribution in [-0.2, 0) is 6.61 Å². The molecule has 0 fully saturated rings. The number of rotatable bonds is 4. The molecule has 0 aliphatic carbocycles. The number of amides is 1. The Morgan fingerprint density at radius 1 is 1.26 bits per heavy atom. The summed E-state index contributed by atoms with van der Waals surface area (Å²) < 4.78 is 11.0. The minimum absolute atomic E-state index is 0.0788. The number of anilines is 1. The molecule has 3 aromatic rings. The standard InChI is InChI=1S/C18H17NO4/c1-11-14-7-4-8-15(22-2)17(14)23-16(11)18(21)19-13-6-3-5-12(9-13)10-20/h3-9,20H,10H2,1-2H3,(H,19,21). The summed E-state index contributed by atoms with van der Waals surface area (Å²) in [7, 11) is 1.56. The van der Waals surface area contributed by atoms with Gasteiger partial charge in [-0.1, -0.05) is 24.3 Å². The molecule has 0 aliphatic rings. The van der Waals surface area contributed by atoms with Crippen molar-refractivity contribution in [3.05, 3.63) is 59.4 Å². The first-order valence-electron chi connectivity index (χ1n) is 7.21. The number of carbonyl (C=O) groups excluding carboxylic acids is 1. The van der Waals surface area contributed by atoms with Gasteiger partial charge in [-0.3, -0.25) is 4.79 Å². The van der Waals surface area contributed by atoms with Crippen LogP contribution < -0.4 is 10.1 Å². The van der Waals surface area contributed by atoms with Crippen molar-refractivity contribution in [2.24, 2.45) is 0 Å². The number of hydrogen-bond donors (Lipinski definition) is 2. The zero-order valence-electron chi connectivity index (χ0n) is 12.9. The number of carbonyl (C=O) groups is 1. The van der Waals surface area contributed by atoms with Crippen molar-refractivity contribution in [1.29, 1.82) is 0 Å². The molecule has 0 radical (unpaired) electrons. The van der Waals surface area contributed by atoms with Gasteiger partial charge in [0.15, 0.2) is 17.1 Å². The number of para-hydroxylation sites is 1. The highest BCUT2D eigenvalue weighted by Gasteiger charge is 2.19. The molecule has 23 heavy (non-hydrogen) atoms. The number of nitrogens with one attached hydrogen (secondary N) is 1. The maximum atomic E-state index is 12.5. The highest BCUT2D eigenvalue weighted by molar-refractivity contribution is 6.07. The van der Waals surface area contributed by atoms with Crippen molar-refractivity contribution in [2.75, 3.05) is 12.4 Å². The van der Waals surface area contributed by atoms with Crippen LogP contribution in [0.5, 0.6) is 5.75 Å². The van der Waals surface area contributed by atoms with Gasteiger partial charge in [-0.15, -0.1) is 0 Å². The molecule has 1 amide bonds. The number of aryl methyl sites for hydroxylation is 1. The summed E-state index contributed by atoms with van der Waals surface area (Å²) in [5.41, 5.74) is 2.65. The minimum Gasteiger partial charge on any atom is -0.493 e. The molecule has 0 saturated heterocycles. The van der Waals surface area contributed by atoms with E-state index in [1.807, 2.05) is 19.1 Å². The van der Waals surface area contributed by atoms with Gasteiger partial charge in [-0.25, -0.2) is 0 Å². The van der Waals surface area contributed by atoms with E-state index >= 15 is 0 Å². The fourth-order valence-electron chi connectivity index (χ4n) is 2.53. The predicted molar refractivity (Wildman–Crippen MR) is 87.8 cm³/mol. The molecule has 0 bridgehead atoms. The monoisotopic (exact) mass is 311 g/mol. The fourth-order valence-corrected chi connectivity index (χ4v) is 2.53. The Morgan fingerprint density at radius 3 is 2.78 bits per heavy atom. The first-order valence-corrected chi connectivity index (χ1v) is 7.21. The number of ether oxygens (including phenoxy) is 1. The first-order chi connectivity index (χ1) is 11.1. The summed E-state index contributed by atoms with van der Waals surface area (Å²) in [6.45, 7) is 1.76. The maximum absolute atomic E-state index is 12.5. The van der Waals surface area contributed by atoms with E-state index in [0.29, 0.717) is 17.0 Å². The molecule has 1 heterocycles. The average molecular weight is 311 g/mol. The Balaban J connectivity index is 1.96. The molecule has 0 saturated carbocycles. The van der Waals surface area contributed by atoms with E-state index in [4.69, 9.17) is 14.3 Å². The summed E-state index contributed by atoms with van der Waals surface area (Å²) >= 11 is 0. The highest BCUT2D eigenvalue weighted by atomic mass is 16.5. The van der Waals surface area contributed by atoms with E-state index in [1.165, 1.54) is 0 Å². The number of aliphatic hydroxyl groups excluding tert-OH is 1. The lowest BCUT2D eigenvalue weighted by Gasteiger charge is -2.05. The number of fused-ring (bicyclic) bond motifs is 1. The van der Waals surface area contributed by atoms with Crippen molar-refractivity contribution in [1.82, 2.24) is 0 Å². The van der Waals surface area contributed by atoms with Crippen molar-refractivity contribution in [3.63, 3.8) is 0 Å². The van der Waals surface area contributed by atoms with Gasteiger partial charge < -0.3 is 19.6 Å². The van der Waals surface area contributed by atoms with Gasteiger partial charge >= 0.3 is 0 Å². The molecule has 2 N–H and O–H groups in total. The second kappa shape index (κ2) is 6.14. The van der Waals surface area contributed by atoms with Gasteiger partial charge in [0.1, 0.15) is 0 Å². The minimum atomic E-state index is -0.337. The molecule has 0 atom stereocenters. The molecule has 0 unspecified atom stereocenters. The van der Waals surface area contributed by atoms with Crippen molar-refractivity contribution in [2.45, 2.75) is 13.5 Å². The molecule has 2 aromatic carbocycles. The predicted octanol–water partition coefficient (Wildman–Crippen LogP) is 3.49. The molecule has 5 nitrogen and oxygen atoms in total. The number of hydrogen-bond acceptors (Lipinski definition) is 4. The van der Waals surface area contributed by atoms with Gasteiger partial charge in [0.2, 0.25) is 0 Å². The van der Waals surface area contributed by atoms with Crippen LogP contribution in [0.2, 0.25) is 0 Å². The molecule has 3 rings (SSSR count). The summed E-state index contributed by atoms with van der Waals surface area (Å²) in [5.74, 6) is 0.502. The first kappa shape index (κ1) is 15.1. The highest BCUT2D eigenvalue weighted by Crippen LogP contribution is 2.32. The van der Waals surface area contributed by atoms with Crippen LogP contribution in [0.25, 0.3) is 11.0 Å². The van der Waals surface area contributed by atoms with Crippen LogP contribution in [0.15, 0.2) is 46.9 Å². The molecular formula is C18H17NO4. The van der Waals surface area contributed by atoms with Crippen LogP contribution in [0.3, 0.4) is 0 Å². The number of aliphatic hydroxyl groups is 1. The molecular weight excluding hydrogens is 294 g/mol. The van der Waals surface area contributed by atoms with Gasteiger partial charge in [0.25, 0.3) is 5.91 Å². The van der Waals surface area contributed by atoms with E-state index in [9.17, 15) is 4.79 Å². The van der Waals surface area contributed by atoms with E-state index in [2.05, 4.69) is 5.32 Å². The quantitative estimate of drug-likeness (QED) is 0.773. The fraction of sp³-hybridized carbons (Fsp3) is 0.167. The van der Waals surface area contributed by atoms with E-state index in [0.717, 1.165) is 16.5 Å². The van der Waals surface area contributed by atoms with Crippen LogP contribution in [0, 0.1) is 6.92 Å². The average Bonchev–Trinajstić information content (AvgIpc) is 2.92. The van der Waals surface area contributed by atoms with Crippen molar-refractivity contribution >= 4 is 22.6 Å². The Kier molecular flexibility index (Phi) is 4.04. The summed E-state index contributed by atoms with van der Waals surface area (Å²) in [5, 5.41) is 12.8. The Bertz CT molecular complexity index is 867. The summed E-state index contributed by atoms with van der Waals surface area (Å²) in [6.07, 6.45) is 0. The lowest BCUT2D eigenvalue weighted by molar-refractivity contribution is 0.0997. The third-order valence-corrected chi connectivity index (χ3v) is 3.72. The van der Waals surface area contributed by atoms with Gasteiger partial charge in [-0.2, -0.15) is 0 Å². The van der Waals surface area contributed by atoms with Crippen LogP contribution in [0.4, 0.5) is 5.69 Å². The van der Waals surface area contributed by atoms with E-state index < -0.39 is 0 Å². The largest absolute Gasteiger partial charge is 0.493 e. The second-order valence-electron chi connectivity index (χ2n) is 5.21. The van der Waals surface area contributed by atoms with Gasteiger partial charge in [0.05, 0.1) is 13.7 Å². The van der Waals surface area contributed by atoms with Gasteiger partial charge in [-0.05, 0) is 30.7 Å². The normalized spacial score (nSPS) is 10.7. The van der Waals surface area contributed by atoms with Crippen LogP contribution in [0.1, 0.15) is 21.7 Å². The van der Waals surface area contributed by atoms with Gasteiger partial charge in [0, 0.05) is 16.6 Å². The smallest absolute Gasteiger partial charge is 0.291 e. The Morgan fingerprint density at radius 2 is 2.04 bits per heavy atom. The van der Waals surface area contributed by atoms with Crippen molar-refractivity contribution in [3.8, 4) is 5.75 Å². The van der Waals surface area contributed by atoms with Crippen LogP contribution in [-0.4, -0.2) is 18.1 Å². The Hall–Kier alpha value is -2.79. The molecule has 1 aromatic heterocycles. The topological polar surface area (TPSA) is 71.7 Å². The zero-order valence-corrected chi connectivity index (χ0v) is 12.9. The van der Waals surface area contributed by atoms with Crippen molar-refractivity contribution < 1.29 is 19.1 Å². The third-order valence-electron chi connectivity index (χ3n) is 3.72. The molecule has 118 valence electrons. The lowest BCUT2D eigenvalue weighted by Crippen LogP contribution is -2.12. The summed E-state index contributed by atoms with van der Waals surface area (Å²) in [4.78, 5) is 12.5.